The second-order valence-corrected chi connectivity index (χ2v) is 4.53. The van der Waals surface area contributed by atoms with Crippen LogP contribution in [0.15, 0.2) is 0 Å². The third-order valence-corrected chi connectivity index (χ3v) is 3.08. The number of carbonyl (C=O) groups is 1. The smallest absolute Gasteiger partial charge is 0.135 e. The standard InChI is InChI=1S/C11H21NO/c1-8(2)11(13)7-9-5-3-4-6-10(9)12/h8-10H,3-7,12H2,1-2H3. The van der Waals surface area contributed by atoms with E-state index in [4.69, 9.17) is 5.73 Å². The number of nitrogens with two attached hydrogens (primary N) is 1. The van der Waals surface area contributed by atoms with E-state index in [-0.39, 0.29) is 12.0 Å². The van der Waals surface area contributed by atoms with Crippen LogP contribution in [-0.2, 0) is 4.79 Å². The molecule has 2 heteroatoms. The van der Waals surface area contributed by atoms with Gasteiger partial charge in [0, 0.05) is 18.4 Å². The fourth-order valence-corrected chi connectivity index (χ4v) is 1.98. The van der Waals surface area contributed by atoms with Crippen molar-refractivity contribution in [3.05, 3.63) is 0 Å². The van der Waals surface area contributed by atoms with Crippen molar-refractivity contribution in [3.63, 3.8) is 0 Å². The van der Waals surface area contributed by atoms with E-state index in [1.165, 1.54) is 12.8 Å². The lowest BCUT2D eigenvalue weighted by Gasteiger charge is -2.28. The fourth-order valence-electron chi connectivity index (χ4n) is 1.98. The summed E-state index contributed by atoms with van der Waals surface area (Å²) in [5, 5.41) is 0. The number of ketones is 1. The van der Waals surface area contributed by atoms with E-state index in [9.17, 15) is 4.79 Å². The molecule has 1 rings (SSSR count). The van der Waals surface area contributed by atoms with Gasteiger partial charge < -0.3 is 5.73 Å². The highest BCUT2D eigenvalue weighted by Gasteiger charge is 2.24. The minimum atomic E-state index is 0.175. The third kappa shape index (κ3) is 3.11. The second-order valence-electron chi connectivity index (χ2n) is 4.53. The van der Waals surface area contributed by atoms with Gasteiger partial charge in [0.1, 0.15) is 5.78 Å². The molecule has 0 bridgehead atoms. The maximum atomic E-state index is 11.5. The largest absolute Gasteiger partial charge is 0.327 e. The maximum Gasteiger partial charge on any atom is 0.135 e. The van der Waals surface area contributed by atoms with E-state index in [1.807, 2.05) is 13.8 Å². The summed E-state index contributed by atoms with van der Waals surface area (Å²) in [5.41, 5.74) is 5.98. The normalized spacial score (nSPS) is 29.2. The van der Waals surface area contributed by atoms with E-state index < -0.39 is 0 Å². The van der Waals surface area contributed by atoms with Gasteiger partial charge in [-0.25, -0.2) is 0 Å². The molecule has 76 valence electrons. The Labute approximate surface area is 80.9 Å². The Morgan fingerprint density at radius 3 is 2.54 bits per heavy atom. The van der Waals surface area contributed by atoms with Crippen molar-refractivity contribution in [2.45, 2.75) is 52.0 Å². The Morgan fingerprint density at radius 2 is 2.00 bits per heavy atom. The average Bonchev–Trinajstić information content (AvgIpc) is 2.08. The molecule has 0 amide bonds. The molecule has 1 fully saturated rings. The van der Waals surface area contributed by atoms with Crippen molar-refractivity contribution < 1.29 is 4.79 Å². The molecule has 0 saturated heterocycles. The first-order valence-corrected chi connectivity index (χ1v) is 5.39. The highest BCUT2D eigenvalue weighted by atomic mass is 16.1. The minimum Gasteiger partial charge on any atom is -0.327 e. The number of hydrogen-bond acceptors (Lipinski definition) is 2. The van der Waals surface area contributed by atoms with Crippen LogP contribution >= 0.6 is 0 Å². The fraction of sp³-hybridized carbons (Fsp3) is 0.909. The molecular weight excluding hydrogens is 162 g/mol. The first-order chi connectivity index (χ1) is 6.11. The summed E-state index contributed by atoms with van der Waals surface area (Å²) in [6, 6.07) is 0.274. The Kier molecular flexibility index (Phi) is 3.91. The molecule has 1 aliphatic carbocycles. The molecule has 2 atom stereocenters. The first-order valence-electron chi connectivity index (χ1n) is 5.39. The van der Waals surface area contributed by atoms with Gasteiger partial charge in [-0.2, -0.15) is 0 Å². The molecule has 0 radical (unpaired) electrons. The van der Waals surface area contributed by atoms with Gasteiger partial charge in [0.2, 0.25) is 0 Å². The molecule has 0 aliphatic heterocycles. The molecule has 1 saturated carbocycles. The molecule has 0 heterocycles. The first kappa shape index (κ1) is 10.7. The summed E-state index contributed by atoms with van der Waals surface area (Å²) < 4.78 is 0. The molecule has 0 spiro atoms. The van der Waals surface area contributed by atoms with Gasteiger partial charge in [0.15, 0.2) is 0 Å². The van der Waals surface area contributed by atoms with Gasteiger partial charge in [-0.3, -0.25) is 4.79 Å². The number of rotatable bonds is 3. The predicted molar refractivity (Wildman–Crippen MR) is 54.4 cm³/mol. The van der Waals surface area contributed by atoms with Crippen molar-refractivity contribution in [1.29, 1.82) is 0 Å². The maximum absolute atomic E-state index is 11.5. The van der Waals surface area contributed by atoms with Crippen LogP contribution in [0.3, 0.4) is 0 Å². The van der Waals surface area contributed by atoms with Crippen LogP contribution < -0.4 is 5.73 Å². The molecule has 0 aromatic heterocycles. The van der Waals surface area contributed by atoms with Gasteiger partial charge in [0.25, 0.3) is 0 Å². The van der Waals surface area contributed by atoms with E-state index in [1.54, 1.807) is 0 Å². The molecule has 2 unspecified atom stereocenters. The van der Waals surface area contributed by atoms with E-state index in [2.05, 4.69) is 0 Å². The van der Waals surface area contributed by atoms with Crippen LogP contribution in [0.1, 0.15) is 46.0 Å². The number of hydrogen-bond donors (Lipinski definition) is 1. The van der Waals surface area contributed by atoms with Crippen molar-refractivity contribution in [3.8, 4) is 0 Å². The minimum absolute atomic E-state index is 0.175. The van der Waals surface area contributed by atoms with Crippen molar-refractivity contribution >= 4 is 5.78 Å². The quantitative estimate of drug-likeness (QED) is 0.728. The topological polar surface area (TPSA) is 43.1 Å². The van der Waals surface area contributed by atoms with Gasteiger partial charge in [-0.05, 0) is 18.8 Å². The Morgan fingerprint density at radius 1 is 1.38 bits per heavy atom. The lowest BCUT2D eigenvalue weighted by atomic mass is 9.81. The van der Waals surface area contributed by atoms with Crippen LogP contribution in [0.5, 0.6) is 0 Å². The van der Waals surface area contributed by atoms with Gasteiger partial charge in [-0.1, -0.05) is 26.7 Å². The van der Waals surface area contributed by atoms with Crippen molar-refractivity contribution in [2.24, 2.45) is 17.6 Å². The molecule has 0 aromatic rings. The van der Waals surface area contributed by atoms with Gasteiger partial charge in [-0.15, -0.1) is 0 Å². The molecule has 2 N–H and O–H groups in total. The van der Waals surface area contributed by atoms with Crippen molar-refractivity contribution in [2.75, 3.05) is 0 Å². The average molecular weight is 183 g/mol. The van der Waals surface area contributed by atoms with Crippen LogP contribution in [0.2, 0.25) is 0 Å². The van der Waals surface area contributed by atoms with Crippen LogP contribution in [0.4, 0.5) is 0 Å². The molecule has 2 nitrogen and oxygen atoms in total. The molecule has 1 aliphatic rings. The predicted octanol–water partition coefficient (Wildman–Crippen LogP) is 2.12. The zero-order valence-corrected chi connectivity index (χ0v) is 8.75. The molecular formula is C11H21NO. The van der Waals surface area contributed by atoms with E-state index >= 15 is 0 Å². The van der Waals surface area contributed by atoms with Crippen LogP contribution in [0, 0.1) is 11.8 Å². The monoisotopic (exact) mass is 183 g/mol. The zero-order valence-electron chi connectivity index (χ0n) is 8.75. The summed E-state index contributed by atoms with van der Waals surface area (Å²) in [6.07, 6.45) is 5.46. The lowest BCUT2D eigenvalue weighted by molar-refractivity contribution is -0.123. The highest BCUT2D eigenvalue weighted by Crippen LogP contribution is 2.26. The van der Waals surface area contributed by atoms with Crippen molar-refractivity contribution in [1.82, 2.24) is 0 Å². The highest BCUT2D eigenvalue weighted by molar-refractivity contribution is 5.80. The SMILES string of the molecule is CC(C)C(=O)CC1CCCCC1N. The molecule has 13 heavy (non-hydrogen) atoms. The number of carbonyl (C=O) groups excluding carboxylic acids is 1. The van der Waals surface area contributed by atoms with Crippen LogP contribution in [-0.4, -0.2) is 11.8 Å². The Bertz CT molecular complexity index is 177. The summed E-state index contributed by atoms with van der Waals surface area (Å²) in [7, 11) is 0. The summed E-state index contributed by atoms with van der Waals surface area (Å²) in [6.45, 7) is 3.94. The zero-order chi connectivity index (χ0) is 9.84. The Hall–Kier alpha value is -0.370. The van der Waals surface area contributed by atoms with E-state index in [0.717, 1.165) is 12.8 Å². The third-order valence-electron chi connectivity index (χ3n) is 3.08. The molecule has 0 aromatic carbocycles. The second kappa shape index (κ2) is 4.75. The summed E-state index contributed by atoms with van der Waals surface area (Å²) in [4.78, 5) is 11.5. The summed E-state index contributed by atoms with van der Waals surface area (Å²) in [5.74, 6) is 1.01. The van der Waals surface area contributed by atoms with Gasteiger partial charge in [0.05, 0.1) is 0 Å². The van der Waals surface area contributed by atoms with Gasteiger partial charge >= 0.3 is 0 Å². The van der Waals surface area contributed by atoms with E-state index in [0.29, 0.717) is 18.1 Å². The summed E-state index contributed by atoms with van der Waals surface area (Å²) >= 11 is 0. The Balaban J connectivity index is 2.38. The lowest BCUT2D eigenvalue weighted by Crippen LogP contribution is -2.35. The number of Topliss-reactive ketones (excluding diaryl/α,β-unsaturated/α-hetero) is 1. The van der Waals surface area contributed by atoms with Crippen LogP contribution in [0.25, 0.3) is 0 Å².